The van der Waals surface area contributed by atoms with E-state index in [4.69, 9.17) is 10.7 Å². The summed E-state index contributed by atoms with van der Waals surface area (Å²) in [6.45, 7) is 7.11. The second kappa shape index (κ2) is 11.1. The lowest BCUT2D eigenvalue weighted by atomic mass is 9.95. The third kappa shape index (κ3) is 6.41. The highest BCUT2D eigenvalue weighted by molar-refractivity contribution is 14.0. The van der Waals surface area contributed by atoms with Gasteiger partial charge in [-0.05, 0) is 44.2 Å². The van der Waals surface area contributed by atoms with Crippen molar-refractivity contribution in [3.05, 3.63) is 42.1 Å². The van der Waals surface area contributed by atoms with Crippen LogP contribution in [0, 0.1) is 12.8 Å². The predicted molar refractivity (Wildman–Crippen MR) is 124 cm³/mol. The van der Waals surface area contributed by atoms with Gasteiger partial charge in [0.15, 0.2) is 5.96 Å². The number of imidazole rings is 1. The van der Waals surface area contributed by atoms with Crippen LogP contribution in [0.25, 0.3) is 5.82 Å². The summed E-state index contributed by atoms with van der Waals surface area (Å²) >= 11 is 0. The fourth-order valence-electron chi connectivity index (χ4n) is 3.57. The lowest BCUT2D eigenvalue weighted by Crippen LogP contribution is -2.47. The molecule has 8 nitrogen and oxygen atoms in total. The molecule has 1 atom stereocenters. The molecule has 2 aromatic heterocycles. The molecular formula is C20H30IN7O. The van der Waals surface area contributed by atoms with E-state index in [1.807, 2.05) is 36.0 Å². The predicted octanol–water partition coefficient (Wildman–Crippen LogP) is 2.25. The molecule has 3 rings (SSSR count). The fourth-order valence-corrected chi connectivity index (χ4v) is 3.57. The van der Waals surface area contributed by atoms with Gasteiger partial charge in [0, 0.05) is 44.6 Å². The van der Waals surface area contributed by atoms with Crippen LogP contribution in [0.3, 0.4) is 0 Å². The molecule has 3 N–H and O–H groups in total. The maximum absolute atomic E-state index is 11.3. The van der Waals surface area contributed by atoms with E-state index < -0.39 is 0 Å². The fraction of sp³-hybridized carbons (Fsp3) is 0.500. The minimum atomic E-state index is -0.229. The number of carbonyl (C=O) groups excluding carboxylic acids is 1. The molecule has 29 heavy (non-hydrogen) atoms. The van der Waals surface area contributed by atoms with E-state index in [2.05, 4.69) is 27.1 Å². The lowest BCUT2D eigenvalue weighted by molar-refractivity contribution is -0.119. The number of amides is 1. The second-order valence-electron chi connectivity index (χ2n) is 7.16. The number of hydrogen-bond donors (Lipinski definition) is 2. The van der Waals surface area contributed by atoms with Gasteiger partial charge in [0.1, 0.15) is 11.6 Å². The van der Waals surface area contributed by atoms with Crippen molar-refractivity contribution >= 4 is 35.8 Å². The van der Waals surface area contributed by atoms with Crippen LogP contribution in [-0.2, 0) is 11.3 Å². The number of pyridine rings is 1. The molecule has 0 saturated carbocycles. The van der Waals surface area contributed by atoms with E-state index in [1.54, 1.807) is 6.20 Å². The third-order valence-corrected chi connectivity index (χ3v) is 4.94. The molecule has 0 spiro atoms. The Morgan fingerprint density at radius 2 is 2.21 bits per heavy atom. The Morgan fingerprint density at radius 3 is 2.83 bits per heavy atom. The average Bonchev–Trinajstić information content (AvgIpc) is 3.11. The van der Waals surface area contributed by atoms with Crippen LogP contribution in [-0.4, -0.2) is 50.9 Å². The molecule has 0 aromatic carbocycles. The number of aryl methyl sites for hydroxylation is 1. The van der Waals surface area contributed by atoms with Crippen molar-refractivity contribution in [2.45, 2.75) is 39.7 Å². The minimum absolute atomic E-state index is 0. The first-order chi connectivity index (χ1) is 13.6. The van der Waals surface area contributed by atoms with Gasteiger partial charge in [-0.2, -0.15) is 0 Å². The first kappa shape index (κ1) is 23.1. The molecule has 1 unspecified atom stereocenters. The monoisotopic (exact) mass is 511 g/mol. The quantitative estimate of drug-likeness (QED) is 0.352. The van der Waals surface area contributed by atoms with E-state index in [0.29, 0.717) is 18.9 Å². The van der Waals surface area contributed by atoms with Crippen LogP contribution in [0.4, 0.5) is 0 Å². The van der Waals surface area contributed by atoms with Crippen LogP contribution >= 0.6 is 24.0 Å². The van der Waals surface area contributed by atoms with E-state index in [-0.39, 0.29) is 29.9 Å². The zero-order valence-electron chi connectivity index (χ0n) is 17.0. The van der Waals surface area contributed by atoms with Gasteiger partial charge in [0.05, 0.1) is 6.54 Å². The molecule has 0 bridgehead atoms. The second-order valence-corrected chi connectivity index (χ2v) is 7.16. The smallest absolute Gasteiger partial charge is 0.217 e. The molecule has 1 aliphatic heterocycles. The molecule has 1 saturated heterocycles. The van der Waals surface area contributed by atoms with E-state index in [9.17, 15) is 4.79 Å². The van der Waals surface area contributed by atoms with Gasteiger partial charge in [-0.25, -0.2) is 15.0 Å². The molecular weight excluding hydrogens is 481 g/mol. The first-order valence-electron chi connectivity index (χ1n) is 9.83. The largest absolute Gasteiger partial charge is 0.370 e. The summed E-state index contributed by atoms with van der Waals surface area (Å²) in [4.78, 5) is 27.0. The first-order valence-corrected chi connectivity index (χ1v) is 9.83. The number of hydrogen-bond acceptors (Lipinski definition) is 4. The molecule has 1 aliphatic rings. The van der Waals surface area contributed by atoms with Gasteiger partial charge in [-0.15, -0.1) is 24.0 Å². The highest BCUT2D eigenvalue weighted by Crippen LogP contribution is 2.19. The Kier molecular flexibility index (Phi) is 8.87. The van der Waals surface area contributed by atoms with Gasteiger partial charge in [-0.3, -0.25) is 9.36 Å². The number of likely N-dealkylation sites (tertiary alicyclic amines) is 1. The maximum atomic E-state index is 11.3. The Morgan fingerprint density at radius 1 is 1.38 bits per heavy atom. The van der Waals surface area contributed by atoms with Crippen molar-refractivity contribution in [2.75, 3.05) is 19.6 Å². The lowest BCUT2D eigenvalue weighted by Gasteiger charge is -2.34. The van der Waals surface area contributed by atoms with E-state index in [0.717, 1.165) is 55.6 Å². The Bertz CT molecular complexity index is 818. The number of piperidine rings is 1. The van der Waals surface area contributed by atoms with Crippen molar-refractivity contribution in [3.63, 3.8) is 0 Å². The Hall–Kier alpha value is -2.17. The number of carbonyl (C=O) groups is 1. The van der Waals surface area contributed by atoms with E-state index >= 15 is 0 Å². The molecule has 3 heterocycles. The summed E-state index contributed by atoms with van der Waals surface area (Å²) in [5, 5.41) is 3.36. The Balaban J connectivity index is 0.00000300. The molecule has 9 heteroatoms. The maximum Gasteiger partial charge on any atom is 0.217 e. The van der Waals surface area contributed by atoms with Crippen molar-refractivity contribution in [1.29, 1.82) is 0 Å². The van der Waals surface area contributed by atoms with Crippen molar-refractivity contribution in [3.8, 4) is 5.82 Å². The average molecular weight is 511 g/mol. The molecule has 0 radical (unpaired) electrons. The number of aromatic nitrogens is 3. The number of nitrogens with one attached hydrogen (secondary N) is 1. The van der Waals surface area contributed by atoms with Crippen LogP contribution in [0.1, 0.15) is 37.6 Å². The summed E-state index contributed by atoms with van der Waals surface area (Å²) in [6, 6.07) is 4.02. The number of nitrogens with zero attached hydrogens (tertiary/aromatic N) is 5. The van der Waals surface area contributed by atoms with Gasteiger partial charge >= 0.3 is 0 Å². The zero-order valence-corrected chi connectivity index (χ0v) is 19.4. The SMILES string of the molecule is CCNC(=NCc1ccc(-n2ccnc2C)nc1)N1CCCC(CC(N)=O)C1.I. The van der Waals surface area contributed by atoms with Crippen LogP contribution in [0.5, 0.6) is 0 Å². The highest BCUT2D eigenvalue weighted by atomic mass is 127. The number of rotatable bonds is 6. The standard InChI is InChI=1S/C20H29N7O.HI/c1-3-22-20(26-9-4-5-16(14-26)11-18(21)28)25-13-17-6-7-19(24-12-17)27-10-8-23-15(27)2;/h6-8,10,12,16H,3-5,9,11,13-14H2,1-2H3,(H2,21,28)(H,22,25);1H. The van der Waals surface area contributed by atoms with Crippen LogP contribution in [0.2, 0.25) is 0 Å². The molecule has 158 valence electrons. The molecule has 0 aliphatic carbocycles. The van der Waals surface area contributed by atoms with Crippen LogP contribution < -0.4 is 11.1 Å². The van der Waals surface area contributed by atoms with Crippen molar-refractivity contribution < 1.29 is 4.79 Å². The summed E-state index contributed by atoms with van der Waals surface area (Å²) in [6.07, 6.45) is 8.04. The molecule has 1 amide bonds. The summed E-state index contributed by atoms with van der Waals surface area (Å²) in [7, 11) is 0. The van der Waals surface area contributed by atoms with Crippen molar-refractivity contribution in [1.82, 2.24) is 24.8 Å². The number of halogens is 1. The Labute approximate surface area is 189 Å². The van der Waals surface area contributed by atoms with Gasteiger partial charge < -0.3 is 16.0 Å². The molecule has 1 fully saturated rings. The third-order valence-electron chi connectivity index (χ3n) is 4.94. The number of primary amides is 1. The van der Waals surface area contributed by atoms with Crippen LogP contribution in [0.15, 0.2) is 35.7 Å². The summed E-state index contributed by atoms with van der Waals surface area (Å²) in [5.74, 6) is 2.71. The normalized spacial score (nSPS) is 17.0. The zero-order chi connectivity index (χ0) is 19.9. The summed E-state index contributed by atoms with van der Waals surface area (Å²) in [5.41, 5.74) is 6.42. The number of aliphatic imine (C=N–C) groups is 1. The summed E-state index contributed by atoms with van der Waals surface area (Å²) < 4.78 is 1.95. The number of guanidine groups is 1. The van der Waals surface area contributed by atoms with Gasteiger partial charge in [-0.1, -0.05) is 6.07 Å². The van der Waals surface area contributed by atoms with E-state index in [1.165, 1.54) is 0 Å². The highest BCUT2D eigenvalue weighted by Gasteiger charge is 2.23. The number of nitrogens with two attached hydrogens (primary N) is 1. The topological polar surface area (TPSA) is 101 Å². The molecule has 2 aromatic rings. The van der Waals surface area contributed by atoms with Gasteiger partial charge in [0.2, 0.25) is 5.91 Å². The van der Waals surface area contributed by atoms with Gasteiger partial charge in [0.25, 0.3) is 0 Å². The minimum Gasteiger partial charge on any atom is -0.370 e. The van der Waals surface area contributed by atoms with Crippen molar-refractivity contribution in [2.24, 2.45) is 16.6 Å².